The van der Waals surface area contributed by atoms with Crippen molar-refractivity contribution in [2.45, 2.75) is 52.7 Å². The van der Waals surface area contributed by atoms with Gasteiger partial charge in [0.2, 0.25) is 5.89 Å². The number of nitrogens with zero attached hydrogens (tertiary/aromatic N) is 3. The van der Waals surface area contributed by atoms with E-state index in [-0.39, 0.29) is 5.82 Å². The lowest BCUT2D eigenvalue weighted by molar-refractivity contribution is 0.0450. The normalized spacial score (nSPS) is 19.0. The highest BCUT2D eigenvalue weighted by Gasteiger charge is 2.28. The van der Waals surface area contributed by atoms with E-state index in [0.717, 1.165) is 44.1 Å². The Kier molecular flexibility index (Phi) is 6.17. The number of aryl methyl sites for hydroxylation is 1. The molecule has 0 bridgehead atoms. The summed E-state index contributed by atoms with van der Waals surface area (Å²) in [4.78, 5) is 9.59. The summed E-state index contributed by atoms with van der Waals surface area (Å²) in [6.07, 6.45) is 1.13. The van der Waals surface area contributed by atoms with Gasteiger partial charge in [0, 0.05) is 38.3 Å². The third-order valence-electron chi connectivity index (χ3n) is 5.42. The summed E-state index contributed by atoms with van der Waals surface area (Å²) in [6.45, 7) is 12.5. The number of ether oxygens (including phenoxy) is 1. The maximum atomic E-state index is 14.2. The molecule has 1 atom stereocenters. The maximum absolute atomic E-state index is 14.2. The van der Waals surface area contributed by atoms with Gasteiger partial charge in [0.1, 0.15) is 17.3 Å². The molecule has 1 aliphatic rings. The minimum Gasteiger partial charge on any atom is -0.497 e. The average molecular weight is 375 g/mol. The first kappa shape index (κ1) is 19.8. The second-order valence-corrected chi connectivity index (χ2v) is 7.50. The Labute approximate surface area is 161 Å². The Morgan fingerprint density at radius 2 is 2.11 bits per heavy atom. The molecule has 3 rings (SSSR count). The van der Waals surface area contributed by atoms with E-state index < -0.39 is 0 Å². The Bertz CT molecular complexity index is 775. The zero-order valence-corrected chi connectivity index (χ0v) is 17.0. The van der Waals surface area contributed by atoms with Gasteiger partial charge in [-0.3, -0.25) is 9.80 Å². The average Bonchev–Trinajstić information content (AvgIpc) is 3.02. The van der Waals surface area contributed by atoms with Crippen molar-refractivity contribution in [1.82, 2.24) is 14.8 Å². The van der Waals surface area contributed by atoms with E-state index in [1.165, 1.54) is 6.07 Å². The van der Waals surface area contributed by atoms with E-state index in [2.05, 4.69) is 35.6 Å². The molecule has 1 aliphatic heterocycles. The Morgan fingerprint density at radius 3 is 2.78 bits per heavy atom. The van der Waals surface area contributed by atoms with Crippen LogP contribution in [0.3, 0.4) is 0 Å². The van der Waals surface area contributed by atoms with E-state index in [0.29, 0.717) is 29.3 Å². The van der Waals surface area contributed by atoms with Crippen molar-refractivity contribution in [2.24, 2.45) is 0 Å². The van der Waals surface area contributed by atoms with Gasteiger partial charge >= 0.3 is 0 Å². The van der Waals surface area contributed by atoms with E-state index in [4.69, 9.17) is 9.15 Å². The van der Waals surface area contributed by atoms with Gasteiger partial charge in [-0.05, 0) is 45.4 Å². The predicted octanol–water partition coefficient (Wildman–Crippen LogP) is 4.10. The van der Waals surface area contributed by atoms with Crippen LogP contribution in [0, 0.1) is 12.7 Å². The first-order valence-corrected chi connectivity index (χ1v) is 9.71. The van der Waals surface area contributed by atoms with Crippen LogP contribution in [0.25, 0.3) is 11.5 Å². The molecule has 1 aromatic carbocycles. The lowest BCUT2D eigenvalue weighted by Crippen LogP contribution is -2.54. The first-order valence-electron chi connectivity index (χ1n) is 9.71. The minimum absolute atomic E-state index is 0.312. The number of piperazine rings is 1. The molecule has 148 valence electrons. The second kappa shape index (κ2) is 8.40. The number of hydrogen-bond acceptors (Lipinski definition) is 5. The van der Waals surface area contributed by atoms with Gasteiger partial charge in [0.15, 0.2) is 0 Å². The van der Waals surface area contributed by atoms with Crippen molar-refractivity contribution in [2.75, 3.05) is 26.7 Å². The molecule has 5 nitrogen and oxygen atoms in total. The van der Waals surface area contributed by atoms with Crippen molar-refractivity contribution >= 4 is 0 Å². The second-order valence-electron chi connectivity index (χ2n) is 7.50. The topological polar surface area (TPSA) is 41.7 Å². The van der Waals surface area contributed by atoms with Crippen LogP contribution < -0.4 is 4.74 Å². The molecular formula is C21H30FN3O2. The molecule has 1 fully saturated rings. The first-order chi connectivity index (χ1) is 12.9. The molecule has 1 unspecified atom stereocenters. The number of oxazole rings is 1. The molecule has 0 spiro atoms. The fourth-order valence-electron chi connectivity index (χ4n) is 3.82. The SMILES string of the molecule is CCC1CN(Cc2nc(-c3cc(OC)ccc3F)oc2C)CCN1C(C)C. The van der Waals surface area contributed by atoms with Crippen LogP contribution in [0.4, 0.5) is 4.39 Å². The monoisotopic (exact) mass is 375 g/mol. The highest BCUT2D eigenvalue weighted by Crippen LogP contribution is 2.29. The number of methoxy groups -OCH3 is 1. The largest absolute Gasteiger partial charge is 0.497 e. The zero-order valence-electron chi connectivity index (χ0n) is 17.0. The standard InChI is InChI=1S/C21H30FN3O2/c1-6-16-12-24(9-10-25(16)14(2)3)13-20-15(4)27-21(23-20)18-11-17(26-5)7-8-19(18)22/h7-8,11,14,16H,6,9-10,12-13H2,1-5H3. The van der Waals surface area contributed by atoms with Gasteiger partial charge in [-0.2, -0.15) is 0 Å². The molecule has 0 amide bonds. The van der Waals surface area contributed by atoms with Gasteiger partial charge in [0.25, 0.3) is 0 Å². The van der Waals surface area contributed by atoms with Crippen LogP contribution in [0.2, 0.25) is 0 Å². The third kappa shape index (κ3) is 4.33. The molecule has 0 aliphatic carbocycles. The van der Waals surface area contributed by atoms with E-state index in [1.807, 2.05) is 6.92 Å². The molecule has 2 heterocycles. The molecule has 1 aromatic heterocycles. The molecule has 6 heteroatoms. The van der Waals surface area contributed by atoms with Crippen molar-refractivity contribution in [3.8, 4) is 17.2 Å². The van der Waals surface area contributed by atoms with Gasteiger partial charge in [-0.1, -0.05) is 6.92 Å². The van der Waals surface area contributed by atoms with E-state index in [9.17, 15) is 4.39 Å². The maximum Gasteiger partial charge on any atom is 0.229 e. The molecule has 0 saturated carbocycles. The summed E-state index contributed by atoms with van der Waals surface area (Å²) in [5.41, 5.74) is 1.21. The van der Waals surface area contributed by atoms with Gasteiger partial charge in [-0.15, -0.1) is 0 Å². The fourth-order valence-corrected chi connectivity index (χ4v) is 3.82. The highest BCUT2D eigenvalue weighted by atomic mass is 19.1. The number of benzene rings is 1. The lowest BCUT2D eigenvalue weighted by atomic mass is 10.1. The lowest BCUT2D eigenvalue weighted by Gasteiger charge is -2.43. The molecule has 27 heavy (non-hydrogen) atoms. The van der Waals surface area contributed by atoms with Crippen molar-refractivity contribution in [1.29, 1.82) is 0 Å². The van der Waals surface area contributed by atoms with Gasteiger partial charge in [-0.25, -0.2) is 9.37 Å². The third-order valence-corrected chi connectivity index (χ3v) is 5.42. The summed E-state index contributed by atoms with van der Waals surface area (Å²) < 4.78 is 25.2. The number of hydrogen-bond donors (Lipinski definition) is 0. The quantitative estimate of drug-likeness (QED) is 0.760. The Hall–Kier alpha value is -1.92. The summed E-state index contributed by atoms with van der Waals surface area (Å²) in [7, 11) is 1.56. The van der Waals surface area contributed by atoms with Crippen LogP contribution in [-0.4, -0.2) is 53.6 Å². The number of halogens is 1. The molecule has 0 N–H and O–H groups in total. The summed E-state index contributed by atoms with van der Waals surface area (Å²) in [5.74, 6) is 1.28. The highest BCUT2D eigenvalue weighted by molar-refractivity contribution is 5.57. The minimum atomic E-state index is -0.361. The summed E-state index contributed by atoms with van der Waals surface area (Å²) >= 11 is 0. The van der Waals surface area contributed by atoms with Crippen LogP contribution in [0.5, 0.6) is 5.75 Å². The number of rotatable bonds is 6. The molecular weight excluding hydrogens is 345 g/mol. The van der Waals surface area contributed by atoms with E-state index >= 15 is 0 Å². The zero-order chi connectivity index (χ0) is 19.6. The molecule has 0 radical (unpaired) electrons. The van der Waals surface area contributed by atoms with Crippen molar-refractivity contribution < 1.29 is 13.5 Å². The summed E-state index contributed by atoms with van der Waals surface area (Å²) in [6, 6.07) is 5.72. The molecule has 1 saturated heterocycles. The van der Waals surface area contributed by atoms with Crippen LogP contribution in [-0.2, 0) is 6.54 Å². The smallest absolute Gasteiger partial charge is 0.229 e. The van der Waals surface area contributed by atoms with Gasteiger partial charge in [0.05, 0.1) is 18.4 Å². The van der Waals surface area contributed by atoms with Crippen molar-refractivity contribution in [3.05, 3.63) is 35.5 Å². The molecule has 2 aromatic rings. The predicted molar refractivity (Wildman–Crippen MR) is 104 cm³/mol. The summed E-state index contributed by atoms with van der Waals surface area (Å²) in [5, 5.41) is 0. The van der Waals surface area contributed by atoms with Crippen molar-refractivity contribution in [3.63, 3.8) is 0 Å². The number of aromatic nitrogens is 1. The Morgan fingerprint density at radius 1 is 1.33 bits per heavy atom. The Balaban J connectivity index is 1.76. The van der Waals surface area contributed by atoms with E-state index in [1.54, 1.807) is 19.2 Å². The van der Waals surface area contributed by atoms with Crippen LogP contribution in [0.1, 0.15) is 38.6 Å². The van der Waals surface area contributed by atoms with Crippen LogP contribution in [0.15, 0.2) is 22.6 Å². The van der Waals surface area contributed by atoms with Crippen LogP contribution >= 0.6 is 0 Å². The van der Waals surface area contributed by atoms with Gasteiger partial charge < -0.3 is 9.15 Å². The fraction of sp³-hybridized carbons (Fsp3) is 0.571.